The minimum absolute atomic E-state index is 0.174. The maximum Gasteiger partial charge on any atom is 0.276 e. The molecule has 0 radical (unpaired) electrons. The van der Waals surface area contributed by atoms with Crippen molar-refractivity contribution in [3.63, 3.8) is 0 Å². The molecule has 0 unspecified atom stereocenters. The van der Waals surface area contributed by atoms with Gasteiger partial charge >= 0.3 is 0 Å². The Morgan fingerprint density at radius 3 is 2.47 bits per heavy atom. The number of amides is 1. The van der Waals surface area contributed by atoms with Gasteiger partial charge in [0, 0.05) is 6.54 Å². The van der Waals surface area contributed by atoms with Crippen LogP contribution in [0.15, 0.2) is 24.3 Å². The molecular weight excluding hydrogens is 210 g/mol. The molecule has 0 saturated carbocycles. The molecule has 0 aliphatic carbocycles. The second kappa shape index (κ2) is 5.66. The lowest BCUT2D eigenvalue weighted by Crippen LogP contribution is -2.15. The fourth-order valence-electron chi connectivity index (χ4n) is 1.14. The molecule has 0 atom stereocenters. The molecule has 0 aliphatic rings. The van der Waals surface area contributed by atoms with Crippen LogP contribution in [0.25, 0.3) is 0 Å². The summed E-state index contributed by atoms with van der Waals surface area (Å²) in [4.78, 5) is 10.6. The third-order valence-electron chi connectivity index (χ3n) is 1.74. The predicted molar refractivity (Wildman–Crippen MR) is 63.4 cm³/mol. The maximum atomic E-state index is 10.6. The van der Waals surface area contributed by atoms with Crippen LogP contribution in [0.4, 0.5) is 4.79 Å². The first-order valence-corrected chi connectivity index (χ1v) is 5.25. The number of carbonyl (C=O) groups excluding carboxylic acids is 1. The van der Waals surface area contributed by atoms with Crippen molar-refractivity contribution < 1.29 is 9.53 Å². The number of hydrogen-bond donors (Lipinski definition) is 2. The normalized spacial score (nSPS) is 10.1. The summed E-state index contributed by atoms with van der Waals surface area (Å²) in [5.74, 6) is 0.839. The topological polar surface area (TPSA) is 38.3 Å². The van der Waals surface area contributed by atoms with Crippen molar-refractivity contribution in [2.75, 3.05) is 0 Å². The first-order valence-electron chi connectivity index (χ1n) is 4.80. The van der Waals surface area contributed by atoms with Crippen molar-refractivity contribution in [1.29, 1.82) is 0 Å². The zero-order chi connectivity index (χ0) is 11.3. The summed E-state index contributed by atoms with van der Waals surface area (Å²) in [5, 5.41) is 2.28. The number of nitrogens with one attached hydrogen (secondary N) is 1. The van der Waals surface area contributed by atoms with Gasteiger partial charge in [-0.1, -0.05) is 24.8 Å². The van der Waals surface area contributed by atoms with Gasteiger partial charge in [-0.05, 0) is 31.5 Å². The van der Waals surface area contributed by atoms with Crippen LogP contribution in [0.1, 0.15) is 19.4 Å². The molecule has 1 aromatic carbocycles. The van der Waals surface area contributed by atoms with Crippen molar-refractivity contribution in [3.05, 3.63) is 29.8 Å². The Hall–Kier alpha value is -1.16. The van der Waals surface area contributed by atoms with Gasteiger partial charge in [0.1, 0.15) is 5.75 Å². The molecule has 1 N–H and O–H groups in total. The molecule has 0 aromatic heterocycles. The molecular formula is C11H15NO2S. The lowest BCUT2D eigenvalue weighted by atomic mass is 10.2. The van der Waals surface area contributed by atoms with Crippen LogP contribution >= 0.6 is 12.6 Å². The maximum absolute atomic E-state index is 10.6. The van der Waals surface area contributed by atoms with Crippen LogP contribution in [0.3, 0.4) is 0 Å². The van der Waals surface area contributed by atoms with E-state index in [9.17, 15) is 4.79 Å². The first kappa shape index (κ1) is 11.9. The second-order valence-corrected chi connectivity index (χ2v) is 3.88. The Morgan fingerprint density at radius 1 is 1.40 bits per heavy atom. The van der Waals surface area contributed by atoms with E-state index < -0.39 is 0 Å². The highest BCUT2D eigenvalue weighted by molar-refractivity contribution is 7.96. The van der Waals surface area contributed by atoms with Crippen LogP contribution in [-0.4, -0.2) is 11.3 Å². The van der Waals surface area contributed by atoms with Crippen molar-refractivity contribution in [2.24, 2.45) is 0 Å². The molecule has 1 aromatic rings. The third kappa shape index (κ3) is 4.74. The zero-order valence-electron chi connectivity index (χ0n) is 8.86. The second-order valence-electron chi connectivity index (χ2n) is 3.47. The lowest BCUT2D eigenvalue weighted by molar-refractivity contribution is 0.242. The largest absolute Gasteiger partial charge is 0.491 e. The summed E-state index contributed by atoms with van der Waals surface area (Å²) >= 11 is 3.62. The average Bonchev–Trinajstić information content (AvgIpc) is 2.16. The van der Waals surface area contributed by atoms with E-state index in [1.54, 1.807) is 0 Å². The molecule has 3 nitrogen and oxygen atoms in total. The summed E-state index contributed by atoms with van der Waals surface area (Å²) in [7, 11) is 0. The van der Waals surface area contributed by atoms with Gasteiger partial charge in [0.05, 0.1) is 6.10 Å². The van der Waals surface area contributed by atoms with E-state index in [1.807, 2.05) is 38.1 Å². The molecule has 1 rings (SSSR count). The van der Waals surface area contributed by atoms with E-state index in [-0.39, 0.29) is 11.3 Å². The number of carbonyl (C=O) groups is 1. The number of rotatable bonds is 4. The molecule has 1 amide bonds. The molecule has 0 saturated heterocycles. The van der Waals surface area contributed by atoms with Gasteiger partial charge in [-0.3, -0.25) is 4.79 Å². The zero-order valence-corrected chi connectivity index (χ0v) is 9.75. The molecule has 4 heteroatoms. The summed E-state index contributed by atoms with van der Waals surface area (Å²) < 4.78 is 5.49. The highest BCUT2D eigenvalue weighted by atomic mass is 32.1. The van der Waals surface area contributed by atoms with E-state index in [2.05, 4.69) is 17.9 Å². The van der Waals surface area contributed by atoms with Crippen molar-refractivity contribution in [2.45, 2.75) is 26.5 Å². The molecule has 82 valence electrons. The number of ether oxygens (including phenoxy) is 1. The molecule has 0 fully saturated rings. The van der Waals surface area contributed by atoms with Crippen LogP contribution in [0.5, 0.6) is 5.75 Å². The Labute approximate surface area is 95.2 Å². The predicted octanol–water partition coefficient (Wildman–Crippen LogP) is 2.61. The molecule has 0 aliphatic heterocycles. The van der Waals surface area contributed by atoms with Gasteiger partial charge in [0.2, 0.25) is 0 Å². The van der Waals surface area contributed by atoms with Crippen LogP contribution in [0.2, 0.25) is 0 Å². The van der Waals surface area contributed by atoms with E-state index in [0.717, 1.165) is 11.3 Å². The standard InChI is InChI=1S/C11H15NO2S/c1-8(2)14-10-5-3-9(4-6-10)7-12-11(13)15/h3-6,8H,7H2,1-2H3,(H2,12,13,15). The van der Waals surface area contributed by atoms with E-state index in [1.165, 1.54) is 0 Å². The molecule has 0 heterocycles. The van der Waals surface area contributed by atoms with Crippen LogP contribution in [0, 0.1) is 0 Å². The van der Waals surface area contributed by atoms with Crippen LogP contribution in [-0.2, 0) is 6.54 Å². The van der Waals surface area contributed by atoms with E-state index in [0.29, 0.717) is 6.54 Å². The molecule has 0 spiro atoms. The molecule has 0 bridgehead atoms. The number of thiol groups is 1. The number of benzene rings is 1. The molecule has 15 heavy (non-hydrogen) atoms. The highest BCUT2D eigenvalue weighted by Gasteiger charge is 1.98. The fraction of sp³-hybridized carbons (Fsp3) is 0.364. The minimum Gasteiger partial charge on any atom is -0.491 e. The van der Waals surface area contributed by atoms with Gasteiger partial charge in [0.25, 0.3) is 5.24 Å². The number of hydrogen-bond acceptors (Lipinski definition) is 2. The van der Waals surface area contributed by atoms with Gasteiger partial charge in [-0.25, -0.2) is 0 Å². The summed E-state index contributed by atoms with van der Waals surface area (Å²) in [6, 6.07) is 7.61. The first-order chi connectivity index (χ1) is 7.08. The minimum atomic E-state index is -0.322. The Kier molecular flexibility index (Phi) is 4.49. The Balaban J connectivity index is 2.52. The van der Waals surface area contributed by atoms with E-state index >= 15 is 0 Å². The quantitative estimate of drug-likeness (QED) is 0.773. The van der Waals surface area contributed by atoms with Crippen molar-refractivity contribution in [3.8, 4) is 5.75 Å². The Bertz CT molecular complexity index is 322. The van der Waals surface area contributed by atoms with Crippen LogP contribution < -0.4 is 10.1 Å². The van der Waals surface area contributed by atoms with Crippen molar-refractivity contribution in [1.82, 2.24) is 5.32 Å². The SMILES string of the molecule is CC(C)Oc1ccc(CNC(=O)S)cc1. The Morgan fingerprint density at radius 2 is 2.00 bits per heavy atom. The third-order valence-corrected chi connectivity index (χ3v) is 1.90. The van der Waals surface area contributed by atoms with Gasteiger partial charge in [-0.15, -0.1) is 0 Å². The van der Waals surface area contributed by atoms with Crippen molar-refractivity contribution >= 4 is 17.9 Å². The highest BCUT2D eigenvalue weighted by Crippen LogP contribution is 2.13. The summed E-state index contributed by atoms with van der Waals surface area (Å²) in [6.45, 7) is 4.45. The fourth-order valence-corrected chi connectivity index (χ4v) is 1.21. The summed E-state index contributed by atoms with van der Waals surface area (Å²) in [6.07, 6.45) is 0.174. The van der Waals surface area contributed by atoms with E-state index in [4.69, 9.17) is 4.74 Å². The van der Waals surface area contributed by atoms with Gasteiger partial charge < -0.3 is 10.1 Å². The average molecular weight is 225 g/mol. The smallest absolute Gasteiger partial charge is 0.276 e. The lowest BCUT2D eigenvalue weighted by Gasteiger charge is -2.10. The monoisotopic (exact) mass is 225 g/mol. The van der Waals surface area contributed by atoms with Gasteiger partial charge in [-0.2, -0.15) is 0 Å². The summed E-state index contributed by atoms with van der Waals surface area (Å²) in [5.41, 5.74) is 1.02. The van der Waals surface area contributed by atoms with Gasteiger partial charge in [0.15, 0.2) is 0 Å².